The van der Waals surface area contributed by atoms with Crippen LogP contribution in [0.15, 0.2) is 0 Å². The summed E-state index contributed by atoms with van der Waals surface area (Å²) in [5.41, 5.74) is 4.14. The van der Waals surface area contributed by atoms with Crippen molar-refractivity contribution in [3.8, 4) is 11.5 Å². The van der Waals surface area contributed by atoms with Gasteiger partial charge < -0.3 is 9.84 Å². The molecule has 0 saturated heterocycles. The Hall–Kier alpha value is -1.18. The summed E-state index contributed by atoms with van der Waals surface area (Å²) in [6, 6.07) is 0. The summed E-state index contributed by atoms with van der Waals surface area (Å²) in [6.07, 6.45) is 1.73. The van der Waals surface area contributed by atoms with Gasteiger partial charge in [0.2, 0.25) is 0 Å². The van der Waals surface area contributed by atoms with E-state index in [-0.39, 0.29) is 0 Å². The molecule has 0 heterocycles. The molecule has 0 aromatic heterocycles. The second-order valence-electron chi connectivity index (χ2n) is 3.80. The van der Waals surface area contributed by atoms with Gasteiger partial charge in [-0.25, -0.2) is 0 Å². The molecule has 0 fully saturated rings. The summed E-state index contributed by atoms with van der Waals surface area (Å²) in [5.74, 6) is 1.37. The van der Waals surface area contributed by atoms with Crippen LogP contribution in [0.5, 0.6) is 11.5 Å². The highest BCUT2D eigenvalue weighted by Crippen LogP contribution is 2.37. The molecule has 2 nitrogen and oxygen atoms in total. The van der Waals surface area contributed by atoms with Crippen molar-refractivity contribution in [2.24, 2.45) is 0 Å². The molecule has 1 aromatic carbocycles. The highest BCUT2D eigenvalue weighted by Gasteiger charge is 2.17. The fraction of sp³-hybridized carbons (Fsp3) is 0.538. The highest BCUT2D eigenvalue weighted by molar-refractivity contribution is 5.57. The molecular weight excluding hydrogens is 188 g/mol. The molecule has 0 radical (unpaired) electrons. The average molecular weight is 208 g/mol. The van der Waals surface area contributed by atoms with E-state index in [1.165, 1.54) is 0 Å². The Kier molecular flexibility index (Phi) is 3.61. The summed E-state index contributed by atoms with van der Waals surface area (Å²) < 4.78 is 5.43. The number of methoxy groups -OCH3 is 1. The van der Waals surface area contributed by atoms with E-state index in [1.807, 2.05) is 13.8 Å². The van der Waals surface area contributed by atoms with Gasteiger partial charge >= 0.3 is 0 Å². The third-order valence-electron chi connectivity index (χ3n) is 3.09. The van der Waals surface area contributed by atoms with Crippen LogP contribution in [0, 0.1) is 13.8 Å². The molecule has 0 aliphatic carbocycles. The van der Waals surface area contributed by atoms with Gasteiger partial charge in [0.25, 0.3) is 0 Å². The smallest absolute Gasteiger partial charge is 0.125 e. The number of rotatable bonds is 3. The van der Waals surface area contributed by atoms with Crippen molar-refractivity contribution < 1.29 is 9.84 Å². The van der Waals surface area contributed by atoms with E-state index in [9.17, 15) is 5.11 Å². The zero-order chi connectivity index (χ0) is 11.6. The van der Waals surface area contributed by atoms with Crippen molar-refractivity contribution in [3.63, 3.8) is 0 Å². The quantitative estimate of drug-likeness (QED) is 0.827. The lowest BCUT2D eigenvalue weighted by Gasteiger charge is -2.18. The Labute approximate surface area is 91.9 Å². The molecule has 15 heavy (non-hydrogen) atoms. The van der Waals surface area contributed by atoms with Crippen molar-refractivity contribution in [1.82, 2.24) is 0 Å². The largest absolute Gasteiger partial charge is 0.507 e. The van der Waals surface area contributed by atoms with E-state index in [0.717, 1.165) is 40.8 Å². The van der Waals surface area contributed by atoms with E-state index in [2.05, 4.69) is 13.8 Å². The minimum absolute atomic E-state index is 0.438. The van der Waals surface area contributed by atoms with Crippen LogP contribution < -0.4 is 4.74 Å². The monoisotopic (exact) mass is 208 g/mol. The third kappa shape index (κ3) is 1.81. The second-order valence-corrected chi connectivity index (χ2v) is 3.80. The molecule has 0 saturated carbocycles. The molecule has 0 unspecified atom stereocenters. The van der Waals surface area contributed by atoms with Crippen molar-refractivity contribution in [2.75, 3.05) is 7.11 Å². The standard InChI is InChI=1S/C13H20O2/c1-6-10-11(7-2)13(15-5)9(4)8(3)12(10)14/h14H,6-7H2,1-5H3. The Morgan fingerprint density at radius 1 is 1.00 bits per heavy atom. The van der Waals surface area contributed by atoms with E-state index in [1.54, 1.807) is 7.11 Å². The molecule has 0 atom stereocenters. The van der Waals surface area contributed by atoms with Crippen molar-refractivity contribution >= 4 is 0 Å². The molecule has 0 amide bonds. The Morgan fingerprint density at radius 2 is 1.53 bits per heavy atom. The summed E-state index contributed by atoms with van der Waals surface area (Å²) in [6.45, 7) is 8.08. The van der Waals surface area contributed by atoms with Gasteiger partial charge in [0.1, 0.15) is 11.5 Å². The fourth-order valence-electron chi connectivity index (χ4n) is 2.11. The third-order valence-corrected chi connectivity index (χ3v) is 3.09. The molecule has 0 aliphatic rings. The van der Waals surface area contributed by atoms with Crippen LogP contribution in [0.1, 0.15) is 36.1 Å². The Balaban J connectivity index is 3.59. The maximum Gasteiger partial charge on any atom is 0.125 e. The Morgan fingerprint density at radius 3 is 1.93 bits per heavy atom. The Bertz CT molecular complexity index is 336. The van der Waals surface area contributed by atoms with Gasteiger partial charge in [-0.05, 0) is 37.8 Å². The first-order chi connectivity index (χ1) is 7.08. The van der Waals surface area contributed by atoms with Crippen LogP contribution in [0.4, 0.5) is 0 Å². The van der Waals surface area contributed by atoms with Gasteiger partial charge in [-0.2, -0.15) is 0 Å². The number of benzene rings is 1. The van der Waals surface area contributed by atoms with Crippen molar-refractivity contribution in [1.29, 1.82) is 0 Å². The first-order valence-electron chi connectivity index (χ1n) is 5.46. The molecular formula is C13H20O2. The topological polar surface area (TPSA) is 29.5 Å². The average Bonchev–Trinajstić information content (AvgIpc) is 2.25. The molecule has 0 aliphatic heterocycles. The lowest BCUT2D eigenvalue weighted by atomic mass is 9.93. The SMILES string of the molecule is CCc1c(O)c(C)c(C)c(OC)c1CC. The van der Waals surface area contributed by atoms with Gasteiger partial charge in [0.05, 0.1) is 7.11 Å². The van der Waals surface area contributed by atoms with Crippen LogP contribution in [-0.2, 0) is 12.8 Å². The maximum absolute atomic E-state index is 10.1. The predicted octanol–water partition coefficient (Wildman–Crippen LogP) is 3.14. The van der Waals surface area contributed by atoms with E-state index in [4.69, 9.17) is 4.74 Å². The summed E-state index contributed by atoms with van der Waals surface area (Å²) in [5, 5.41) is 10.1. The van der Waals surface area contributed by atoms with Gasteiger partial charge in [0.15, 0.2) is 0 Å². The zero-order valence-corrected chi connectivity index (χ0v) is 10.3. The summed E-state index contributed by atoms with van der Waals surface area (Å²) >= 11 is 0. The molecule has 1 rings (SSSR count). The van der Waals surface area contributed by atoms with Gasteiger partial charge in [-0.1, -0.05) is 13.8 Å². The van der Waals surface area contributed by atoms with E-state index >= 15 is 0 Å². The van der Waals surface area contributed by atoms with Crippen molar-refractivity contribution in [2.45, 2.75) is 40.5 Å². The molecule has 1 aromatic rings. The number of ether oxygens (including phenoxy) is 1. The molecule has 84 valence electrons. The van der Waals surface area contributed by atoms with Gasteiger partial charge in [0, 0.05) is 11.1 Å². The number of hydrogen-bond donors (Lipinski definition) is 1. The molecule has 0 bridgehead atoms. The van der Waals surface area contributed by atoms with Crippen LogP contribution >= 0.6 is 0 Å². The van der Waals surface area contributed by atoms with Crippen LogP contribution in [0.3, 0.4) is 0 Å². The molecule has 1 N–H and O–H groups in total. The first kappa shape index (κ1) is 11.9. The van der Waals surface area contributed by atoms with Crippen LogP contribution in [0.2, 0.25) is 0 Å². The van der Waals surface area contributed by atoms with Crippen LogP contribution in [-0.4, -0.2) is 12.2 Å². The molecule has 0 spiro atoms. The maximum atomic E-state index is 10.1. The van der Waals surface area contributed by atoms with Crippen molar-refractivity contribution in [3.05, 3.63) is 22.3 Å². The number of phenols is 1. The predicted molar refractivity (Wildman–Crippen MR) is 62.9 cm³/mol. The minimum Gasteiger partial charge on any atom is -0.507 e. The lowest BCUT2D eigenvalue weighted by molar-refractivity contribution is 0.401. The van der Waals surface area contributed by atoms with E-state index < -0.39 is 0 Å². The van der Waals surface area contributed by atoms with E-state index in [0.29, 0.717) is 5.75 Å². The van der Waals surface area contributed by atoms with Gasteiger partial charge in [-0.15, -0.1) is 0 Å². The number of phenolic OH excluding ortho intramolecular Hbond substituents is 1. The summed E-state index contributed by atoms with van der Waals surface area (Å²) in [7, 11) is 1.69. The molecule has 2 heteroatoms. The summed E-state index contributed by atoms with van der Waals surface area (Å²) in [4.78, 5) is 0. The first-order valence-corrected chi connectivity index (χ1v) is 5.46. The van der Waals surface area contributed by atoms with Crippen LogP contribution in [0.25, 0.3) is 0 Å². The zero-order valence-electron chi connectivity index (χ0n) is 10.3. The number of hydrogen-bond acceptors (Lipinski definition) is 2. The number of aromatic hydroxyl groups is 1. The lowest BCUT2D eigenvalue weighted by Crippen LogP contribution is -2.02. The normalized spacial score (nSPS) is 10.5. The fourth-order valence-corrected chi connectivity index (χ4v) is 2.11. The van der Waals surface area contributed by atoms with Gasteiger partial charge in [-0.3, -0.25) is 0 Å². The minimum atomic E-state index is 0.438. The second kappa shape index (κ2) is 4.56. The highest BCUT2D eigenvalue weighted by atomic mass is 16.5.